The van der Waals surface area contributed by atoms with Gasteiger partial charge in [-0.1, -0.05) is 0 Å². The number of nitrogens with one attached hydrogen (secondary N) is 2. The Morgan fingerprint density at radius 2 is 2.11 bits per heavy atom. The van der Waals surface area contributed by atoms with E-state index < -0.39 is 0 Å². The minimum Gasteiger partial charge on any atom is -0.369 e. The van der Waals surface area contributed by atoms with Crippen molar-refractivity contribution in [1.82, 2.24) is 10.3 Å². The molecule has 0 bridgehead atoms. The first-order valence-electron chi connectivity index (χ1n) is 5.95. The molecule has 0 unspecified atom stereocenters. The van der Waals surface area contributed by atoms with Gasteiger partial charge in [0.25, 0.3) is 0 Å². The summed E-state index contributed by atoms with van der Waals surface area (Å²) in [5.41, 5.74) is 0.915. The van der Waals surface area contributed by atoms with E-state index >= 15 is 0 Å². The zero-order chi connectivity index (χ0) is 13.8. The molecule has 0 saturated carbocycles. The summed E-state index contributed by atoms with van der Waals surface area (Å²) in [6, 6.07) is 1.99. The number of rotatable bonds is 4. The van der Waals surface area contributed by atoms with E-state index in [-0.39, 0.29) is 11.4 Å². The van der Waals surface area contributed by atoms with Crippen LogP contribution >= 0.6 is 15.9 Å². The smallest absolute Gasteiger partial charge is 0.222 e. The lowest BCUT2D eigenvalue weighted by atomic mass is 10.1. The van der Waals surface area contributed by atoms with Gasteiger partial charge in [-0.05, 0) is 55.3 Å². The summed E-state index contributed by atoms with van der Waals surface area (Å²) < 4.78 is 0.915. The molecular weight excluding hydrogens is 294 g/mol. The van der Waals surface area contributed by atoms with Crippen LogP contribution in [-0.2, 0) is 4.79 Å². The monoisotopic (exact) mass is 313 g/mol. The first-order chi connectivity index (χ1) is 8.28. The van der Waals surface area contributed by atoms with Gasteiger partial charge in [-0.3, -0.25) is 4.79 Å². The third-order valence-electron chi connectivity index (χ3n) is 2.14. The Kier molecular flexibility index (Phi) is 5.14. The number of carbonyl (C=O) groups excluding carboxylic acids is 1. The zero-order valence-corrected chi connectivity index (χ0v) is 12.9. The lowest BCUT2D eigenvalue weighted by Gasteiger charge is -2.20. The van der Waals surface area contributed by atoms with E-state index in [0.29, 0.717) is 13.0 Å². The van der Waals surface area contributed by atoms with Gasteiger partial charge in [-0.2, -0.15) is 0 Å². The number of carbonyl (C=O) groups is 1. The van der Waals surface area contributed by atoms with Crippen molar-refractivity contribution in [3.63, 3.8) is 0 Å². The van der Waals surface area contributed by atoms with Crippen LogP contribution in [0.1, 0.15) is 32.8 Å². The maximum absolute atomic E-state index is 11.6. The molecular formula is C13H20BrN3O. The van der Waals surface area contributed by atoms with E-state index in [1.807, 2.05) is 33.8 Å². The number of nitrogens with zero attached hydrogens (tertiary/aromatic N) is 1. The highest BCUT2D eigenvalue weighted by Crippen LogP contribution is 2.20. The Bertz CT molecular complexity index is 427. The second-order valence-corrected chi connectivity index (χ2v) is 6.17. The zero-order valence-electron chi connectivity index (χ0n) is 11.3. The molecule has 0 aliphatic rings. The quantitative estimate of drug-likeness (QED) is 0.898. The third kappa shape index (κ3) is 5.49. The highest BCUT2D eigenvalue weighted by Gasteiger charge is 2.13. The lowest BCUT2D eigenvalue weighted by molar-refractivity contribution is -0.122. The van der Waals surface area contributed by atoms with Crippen molar-refractivity contribution >= 4 is 27.7 Å². The van der Waals surface area contributed by atoms with Gasteiger partial charge in [-0.15, -0.1) is 0 Å². The maximum Gasteiger partial charge on any atom is 0.222 e. The minimum atomic E-state index is -0.181. The van der Waals surface area contributed by atoms with E-state index in [4.69, 9.17) is 0 Å². The number of pyridine rings is 1. The van der Waals surface area contributed by atoms with Gasteiger partial charge >= 0.3 is 0 Å². The largest absolute Gasteiger partial charge is 0.369 e. The van der Waals surface area contributed by atoms with Gasteiger partial charge in [0.1, 0.15) is 5.82 Å². The van der Waals surface area contributed by atoms with Gasteiger partial charge in [0, 0.05) is 24.7 Å². The van der Waals surface area contributed by atoms with Crippen molar-refractivity contribution in [3.8, 4) is 0 Å². The number of halogens is 1. The van der Waals surface area contributed by atoms with E-state index in [1.54, 1.807) is 6.20 Å². The molecule has 0 radical (unpaired) electrons. The van der Waals surface area contributed by atoms with Crippen molar-refractivity contribution in [3.05, 3.63) is 22.3 Å². The summed E-state index contributed by atoms with van der Waals surface area (Å²) in [5, 5.41) is 6.06. The molecule has 0 spiro atoms. The summed E-state index contributed by atoms with van der Waals surface area (Å²) in [6.45, 7) is 8.46. The molecule has 5 heteroatoms. The van der Waals surface area contributed by atoms with Gasteiger partial charge < -0.3 is 10.6 Å². The van der Waals surface area contributed by atoms with E-state index in [2.05, 4.69) is 31.5 Å². The first-order valence-corrected chi connectivity index (χ1v) is 6.74. The molecule has 0 saturated heterocycles. The Morgan fingerprint density at radius 1 is 1.44 bits per heavy atom. The van der Waals surface area contributed by atoms with Crippen LogP contribution in [0.15, 0.2) is 16.7 Å². The van der Waals surface area contributed by atoms with E-state index in [1.165, 1.54) is 0 Å². The van der Waals surface area contributed by atoms with E-state index in [0.717, 1.165) is 15.9 Å². The molecule has 1 rings (SSSR count). The fourth-order valence-corrected chi connectivity index (χ4v) is 2.04. The van der Waals surface area contributed by atoms with Crippen molar-refractivity contribution in [1.29, 1.82) is 0 Å². The van der Waals surface area contributed by atoms with Gasteiger partial charge in [0.2, 0.25) is 5.91 Å². The fourth-order valence-electron chi connectivity index (χ4n) is 1.44. The number of aryl methyl sites for hydroxylation is 1. The predicted octanol–water partition coefficient (Wildman–Crippen LogP) is 2.87. The number of anilines is 1. The molecule has 100 valence electrons. The Hall–Kier alpha value is -1.10. The normalized spacial score (nSPS) is 11.2. The molecule has 0 aliphatic heterocycles. The summed E-state index contributed by atoms with van der Waals surface area (Å²) in [4.78, 5) is 15.9. The molecule has 0 aliphatic carbocycles. The minimum absolute atomic E-state index is 0.0400. The topological polar surface area (TPSA) is 54.0 Å². The van der Waals surface area contributed by atoms with Crippen molar-refractivity contribution < 1.29 is 4.79 Å². The fraction of sp³-hybridized carbons (Fsp3) is 0.538. The molecule has 1 amide bonds. The highest BCUT2D eigenvalue weighted by molar-refractivity contribution is 9.10. The molecule has 4 nitrogen and oxygen atoms in total. The predicted molar refractivity (Wildman–Crippen MR) is 77.7 cm³/mol. The first kappa shape index (κ1) is 15.0. The van der Waals surface area contributed by atoms with Gasteiger partial charge in [0.05, 0.1) is 4.47 Å². The summed E-state index contributed by atoms with van der Waals surface area (Å²) in [5.74, 6) is 0.808. The van der Waals surface area contributed by atoms with Crippen LogP contribution in [-0.4, -0.2) is 23.0 Å². The Balaban J connectivity index is 2.40. The van der Waals surface area contributed by atoms with Crippen LogP contribution in [0, 0.1) is 6.92 Å². The number of amides is 1. The Morgan fingerprint density at radius 3 is 2.67 bits per heavy atom. The van der Waals surface area contributed by atoms with E-state index in [9.17, 15) is 4.79 Å². The summed E-state index contributed by atoms with van der Waals surface area (Å²) in [6.07, 6.45) is 2.22. The molecule has 0 aromatic carbocycles. The van der Waals surface area contributed by atoms with Crippen LogP contribution in [0.4, 0.5) is 5.82 Å². The number of hydrogen-bond acceptors (Lipinski definition) is 3. The van der Waals surface area contributed by atoms with Crippen LogP contribution in [0.25, 0.3) is 0 Å². The van der Waals surface area contributed by atoms with Crippen LogP contribution in [0.2, 0.25) is 0 Å². The lowest BCUT2D eigenvalue weighted by Crippen LogP contribution is -2.41. The molecule has 18 heavy (non-hydrogen) atoms. The third-order valence-corrected chi connectivity index (χ3v) is 2.74. The van der Waals surface area contributed by atoms with Gasteiger partial charge in [-0.25, -0.2) is 4.98 Å². The van der Waals surface area contributed by atoms with Crippen LogP contribution < -0.4 is 10.6 Å². The maximum atomic E-state index is 11.6. The standard InChI is InChI=1S/C13H20BrN3O/c1-9-7-10(14)12(16-8-9)15-6-5-11(18)17-13(2,3)4/h7-8H,5-6H2,1-4H3,(H,15,16)(H,17,18). The molecule has 0 atom stereocenters. The second kappa shape index (κ2) is 6.18. The van der Waals surface area contributed by atoms with Crippen molar-refractivity contribution in [2.75, 3.05) is 11.9 Å². The SMILES string of the molecule is Cc1cnc(NCCC(=O)NC(C)(C)C)c(Br)c1. The van der Waals surface area contributed by atoms with Crippen molar-refractivity contribution in [2.45, 2.75) is 39.7 Å². The van der Waals surface area contributed by atoms with Crippen molar-refractivity contribution in [2.24, 2.45) is 0 Å². The number of hydrogen-bond donors (Lipinski definition) is 2. The molecule has 2 N–H and O–H groups in total. The molecule has 1 aromatic rings. The molecule has 1 heterocycles. The van der Waals surface area contributed by atoms with Crippen LogP contribution in [0.3, 0.4) is 0 Å². The molecule has 1 aromatic heterocycles. The highest BCUT2D eigenvalue weighted by atomic mass is 79.9. The van der Waals surface area contributed by atoms with Gasteiger partial charge in [0.15, 0.2) is 0 Å². The summed E-state index contributed by atoms with van der Waals surface area (Å²) in [7, 11) is 0. The van der Waals surface area contributed by atoms with Crippen LogP contribution in [0.5, 0.6) is 0 Å². The Labute approximate surface area is 117 Å². The second-order valence-electron chi connectivity index (χ2n) is 5.32. The summed E-state index contributed by atoms with van der Waals surface area (Å²) >= 11 is 3.44. The average molecular weight is 314 g/mol. The molecule has 0 fully saturated rings. The average Bonchev–Trinajstić information content (AvgIpc) is 2.18. The number of aromatic nitrogens is 1.